The molecule has 0 saturated heterocycles. The molecule has 0 aliphatic carbocycles. The van der Waals surface area contributed by atoms with Crippen molar-refractivity contribution in [1.82, 2.24) is 9.97 Å². The molecule has 0 saturated carbocycles. The minimum Gasteiger partial charge on any atom is -0.478 e. The summed E-state index contributed by atoms with van der Waals surface area (Å²) >= 11 is 1.40. The summed E-state index contributed by atoms with van der Waals surface area (Å²) in [6.45, 7) is 1.88. The van der Waals surface area contributed by atoms with Gasteiger partial charge in [-0.15, -0.1) is 0 Å². The Morgan fingerprint density at radius 2 is 2.24 bits per heavy atom. The Morgan fingerprint density at radius 3 is 2.95 bits per heavy atom. The van der Waals surface area contributed by atoms with Crippen LogP contribution in [0.5, 0.6) is 0 Å². The molecule has 2 rings (SSSR count). The molecule has 0 radical (unpaired) electrons. The van der Waals surface area contributed by atoms with E-state index in [2.05, 4.69) is 9.97 Å². The third kappa shape index (κ3) is 5.00. The van der Waals surface area contributed by atoms with Crippen LogP contribution in [0.25, 0.3) is 6.08 Å². The molecule has 1 aromatic carbocycles. The van der Waals surface area contributed by atoms with Crippen molar-refractivity contribution in [3.8, 4) is 0 Å². The van der Waals surface area contributed by atoms with Gasteiger partial charge in [0.25, 0.3) is 0 Å². The van der Waals surface area contributed by atoms with Crippen molar-refractivity contribution in [1.29, 1.82) is 0 Å². The van der Waals surface area contributed by atoms with Gasteiger partial charge in [-0.25, -0.2) is 19.2 Å². The SMILES string of the molecule is Cc1ccnc(SCc2cc(F)cc(C=CC(=O)O)c2)n1. The normalized spacial score (nSPS) is 11.0. The zero-order valence-electron chi connectivity index (χ0n) is 11.3. The molecule has 4 nitrogen and oxygen atoms in total. The lowest BCUT2D eigenvalue weighted by molar-refractivity contribution is -0.131. The molecule has 6 heteroatoms. The molecule has 0 spiro atoms. The number of hydrogen-bond donors (Lipinski definition) is 1. The number of aryl methyl sites for hydroxylation is 1. The summed E-state index contributed by atoms with van der Waals surface area (Å²) in [4.78, 5) is 18.9. The molecule has 21 heavy (non-hydrogen) atoms. The lowest BCUT2D eigenvalue weighted by atomic mass is 10.1. The van der Waals surface area contributed by atoms with Crippen molar-refractivity contribution in [2.24, 2.45) is 0 Å². The third-order valence-electron chi connectivity index (χ3n) is 2.54. The molecule has 0 unspecified atom stereocenters. The molecule has 0 bridgehead atoms. The second-order valence-corrected chi connectivity index (χ2v) is 5.28. The molecule has 0 atom stereocenters. The topological polar surface area (TPSA) is 63.1 Å². The standard InChI is InChI=1S/C15H13FN2O2S/c1-10-4-5-17-15(18-10)21-9-12-6-11(2-3-14(19)20)7-13(16)8-12/h2-8H,9H2,1H3,(H,19,20). The van der Waals surface area contributed by atoms with E-state index in [1.54, 1.807) is 18.3 Å². The average molecular weight is 304 g/mol. The minimum atomic E-state index is -1.07. The summed E-state index contributed by atoms with van der Waals surface area (Å²) < 4.78 is 13.5. The van der Waals surface area contributed by atoms with Crippen molar-refractivity contribution >= 4 is 23.8 Å². The summed E-state index contributed by atoms with van der Waals surface area (Å²) in [6.07, 6.45) is 4.02. The first-order chi connectivity index (χ1) is 10.0. The van der Waals surface area contributed by atoms with Crippen molar-refractivity contribution in [3.63, 3.8) is 0 Å². The number of nitrogens with zero attached hydrogens (tertiary/aromatic N) is 2. The molecule has 0 amide bonds. The van der Waals surface area contributed by atoms with Crippen LogP contribution in [0.2, 0.25) is 0 Å². The first-order valence-electron chi connectivity index (χ1n) is 6.16. The number of halogens is 1. The zero-order valence-corrected chi connectivity index (χ0v) is 12.1. The van der Waals surface area contributed by atoms with Gasteiger partial charge in [0.05, 0.1) is 0 Å². The van der Waals surface area contributed by atoms with Crippen LogP contribution in [-0.4, -0.2) is 21.0 Å². The number of rotatable bonds is 5. The van der Waals surface area contributed by atoms with Crippen LogP contribution in [0.15, 0.2) is 41.7 Å². The second-order valence-electron chi connectivity index (χ2n) is 4.33. The Balaban J connectivity index is 2.11. The molecule has 108 valence electrons. The quantitative estimate of drug-likeness (QED) is 0.521. The number of carboxylic acids is 1. The van der Waals surface area contributed by atoms with E-state index in [1.165, 1.54) is 30.0 Å². The average Bonchev–Trinajstić information content (AvgIpc) is 2.43. The van der Waals surface area contributed by atoms with E-state index < -0.39 is 11.8 Å². The largest absolute Gasteiger partial charge is 0.478 e. The van der Waals surface area contributed by atoms with E-state index in [9.17, 15) is 9.18 Å². The van der Waals surface area contributed by atoms with Gasteiger partial charge in [0.15, 0.2) is 5.16 Å². The number of carbonyl (C=O) groups is 1. The maximum atomic E-state index is 13.5. The monoisotopic (exact) mass is 304 g/mol. The van der Waals surface area contributed by atoms with Gasteiger partial charge in [-0.3, -0.25) is 0 Å². The predicted molar refractivity (Wildman–Crippen MR) is 79.4 cm³/mol. The third-order valence-corrected chi connectivity index (χ3v) is 3.47. The zero-order chi connectivity index (χ0) is 15.2. The Kier molecular flexibility index (Phi) is 5.05. The Bertz CT molecular complexity index is 689. The number of carboxylic acid groups (broad SMARTS) is 1. The van der Waals surface area contributed by atoms with Gasteiger partial charge in [0, 0.05) is 23.7 Å². The lowest BCUT2D eigenvalue weighted by Gasteiger charge is -2.03. The molecule has 0 fully saturated rings. The predicted octanol–water partition coefficient (Wildman–Crippen LogP) is 3.31. The highest BCUT2D eigenvalue weighted by atomic mass is 32.2. The van der Waals surface area contributed by atoms with Gasteiger partial charge >= 0.3 is 5.97 Å². The highest BCUT2D eigenvalue weighted by Crippen LogP contribution is 2.21. The smallest absolute Gasteiger partial charge is 0.328 e. The highest BCUT2D eigenvalue weighted by Gasteiger charge is 2.03. The Labute approximate surface area is 125 Å². The number of hydrogen-bond acceptors (Lipinski definition) is 4. The molecule has 2 aromatic rings. The van der Waals surface area contributed by atoms with Gasteiger partial charge in [0.1, 0.15) is 5.82 Å². The van der Waals surface area contributed by atoms with Gasteiger partial charge in [-0.05, 0) is 42.3 Å². The van der Waals surface area contributed by atoms with E-state index in [0.717, 1.165) is 17.3 Å². The summed E-state index contributed by atoms with van der Waals surface area (Å²) in [7, 11) is 0. The van der Waals surface area contributed by atoms with Crippen molar-refractivity contribution in [2.75, 3.05) is 0 Å². The van der Waals surface area contributed by atoms with Gasteiger partial charge in [0.2, 0.25) is 0 Å². The van der Waals surface area contributed by atoms with Crippen LogP contribution in [0.1, 0.15) is 16.8 Å². The number of thioether (sulfide) groups is 1. The fourth-order valence-corrected chi connectivity index (χ4v) is 2.47. The summed E-state index contributed by atoms with van der Waals surface area (Å²) in [5.74, 6) is -0.957. The van der Waals surface area contributed by atoms with Gasteiger partial charge in [-0.2, -0.15) is 0 Å². The molecule has 0 aliphatic rings. The maximum absolute atomic E-state index is 13.5. The highest BCUT2D eigenvalue weighted by molar-refractivity contribution is 7.98. The second kappa shape index (κ2) is 6.99. The lowest BCUT2D eigenvalue weighted by Crippen LogP contribution is -1.91. The number of aliphatic carboxylic acids is 1. The maximum Gasteiger partial charge on any atom is 0.328 e. The van der Waals surface area contributed by atoms with E-state index in [-0.39, 0.29) is 0 Å². The van der Waals surface area contributed by atoms with Crippen LogP contribution in [-0.2, 0) is 10.5 Å². The van der Waals surface area contributed by atoms with Crippen LogP contribution < -0.4 is 0 Å². The number of benzene rings is 1. The molecular formula is C15H13FN2O2S. The number of aromatic nitrogens is 2. The molecular weight excluding hydrogens is 291 g/mol. The van der Waals surface area contributed by atoms with E-state index in [0.29, 0.717) is 16.5 Å². The van der Waals surface area contributed by atoms with Crippen molar-refractivity contribution in [2.45, 2.75) is 17.8 Å². The Morgan fingerprint density at radius 1 is 1.43 bits per heavy atom. The van der Waals surface area contributed by atoms with Gasteiger partial charge < -0.3 is 5.11 Å². The van der Waals surface area contributed by atoms with Gasteiger partial charge in [-0.1, -0.05) is 17.8 Å². The summed E-state index contributed by atoms with van der Waals surface area (Å²) in [5, 5.41) is 9.22. The molecule has 1 heterocycles. The minimum absolute atomic E-state index is 0.400. The fourth-order valence-electron chi connectivity index (χ4n) is 1.67. The van der Waals surface area contributed by atoms with E-state index in [1.807, 2.05) is 6.92 Å². The van der Waals surface area contributed by atoms with E-state index in [4.69, 9.17) is 5.11 Å². The Hall–Kier alpha value is -2.21. The summed E-state index contributed by atoms with van der Waals surface area (Å²) in [6, 6.07) is 6.25. The molecule has 1 aromatic heterocycles. The summed E-state index contributed by atoms with van der Waals surface area (Å²) in [5.41, 5.74) is 2.13. The van der Waals surface area contributed by atoms with Crippen LogP contribution in [0.4, 0.5) is 4.39 Å². The fraction of sp³-hybridized carbons (Fsp3) is 0.133. The molecule has 1 N–H and O–H groups in total. The van der Waals surface area contributed by atoms with Crippen molar-refractivity contribution in [3.05, 3.63) is 59.2 Å². The van der Waals surface area contributed by atoms with Crippen LogP contribution in [0.3, 0.4) is 0 Å². The van der Waals surface area contributed by atoms with Crippen LogP contribution in [0, 0.1) is 12.7 Å². The van der Waals surface area contributed by atoms with Crippen molar-refractivity contribution < 1.29 is 14.3 Å². The first kappa shape index (κ1) is 15.2. The van der Waals surface area contributed by atoms with E-state index >= 15 is 0 Å². The molecule has 0 aliphatic heterocycles. The van der Waals surface area contributed by atoms with Crippen LogP contribution >= 0.6 is 11.8 Å². The first-order valence-corrected chi connectivity index (χ1v) is 7.14.